The van der Waals surface area contributed by atoms with Crippen molar-refractivity contribution in [1.82, 2.24) is 4.31 Å². The quantitative estimate of drug-likeness (QED) is 0.840. The molecule has 5 heteroatoms. The molecule has 1 atom stereocenters. The fourth-order valence-corrected chi connectivity index (χ4v) is 3.60. The lowest BCUT2D eigenvalue weighted by Gasteiger charge is -2.31. The molecule has 1 unspecified atom stereocenters. The van der Waals surface area contributed by atoms with Crippen LogP contribution in [-0.4, -0.2) is 32.1 Å². The van der Waals surface area contributed by atoms with E-state index in [1.54, 1.807) is 4.31 Å². The van der Waals surface area contributed by atoms with Crippen LogP contribution in [0, 0.1) is 0 Å². The highest BCUT2D eigenvalue weighted by atomic mass is 79.9. The number of nitrogens with zero attached hydrogens (tertiary/aromatic N) is 1. The highest BCUT2D eigenvalue weighted by Crippen LogP contribution is 2.29. The van der Waals surface area contributed by atoms with Gasteiger partial charge in [-0.3, -0.25) is 0 Å². The molecule has 17 heavy (non-hydrogen) atoms. The van der Waals surface area contributed by atoms with Gasteiger partial charge in [0.05, 0.1) is 6.26 Å². The molecule has 0 amide bonds. The molecule has 1 saturated heterocycles. The van der Waals surface area contributed by atoms with Gasteiger partial charge in [0.2, 0.25) is 10.0 Å². The third-order valence-electron chi connectivity index (χ3n) is 3.17. The fourth-order valence-electron chi connectivity index (χ4n) is 2.28. The second-order valence-corrected chi connectivity index (χ2v) is 7.41. The van der Waals surface area contributed by atoms with E-state index in [0.717, 1.165) is 17.3 Å². The predicted molar refractivity (Wildman–Crippen MR) is 72.5 cm³/mol. The second kappa shape index (κ2) is 5.08. The SMILES string of the molecule is CS(=O)(=O)N1CCCC(c2cccc(Br)c2)C1. The molecule has 0 radical (unpaired) electrons. The average molecular weight is 318 g/mol. The summed E-state index contributed by atoms with van der Waals surface area (Å²) in [6.07, 6.45) is 3.28. The maximum Gasteiger partial charge on any atom is 0.211 e. The summed E-state index contributed by atoms with van der Waals surface area (Å²) in [5, 5.41) is 0. The number of piperidine rings is 1. The van der Waals surface area contributed by atoms with E-state index in [0.29, 0.717) is 19.0 Å². The molecule has 2 rings (SSSR count). The molecule has 0 aliphatic carbocycles. The molecule has 94 valence electrons. The summed E-state index contributed by atoms with van der Waals surface area (Å²) in [5.41, 5.74) is 1.22. The Morgan fingerprint density at radius 3 is 2.82 bits per heavy atom. The number of halogens is 1. The largest absolute Gasteiger partial charge is 0.213 e. The van der Waals surface area contributed by atoms with E-state index in [9.17, 15) is 8.42 Å². The minimum atomic E-state index is -3.06. The summed E-state index contributed by atoms with van der Waals surface area (Å²) in [6.45, 7) is 1.26. The third kappa shape index (κ3) is 3.30. The van der Waals surface area contributed by atoms with Crippen LogP contribution in [0.25, 0.3) is 0 Å². The molecule has 1 aliphatic rings. The van der Waals surface area contributed by atoms with Crippen molar-refractivity contribution in [3.63, 3.8) is 0 Å². The minimum absolute atomic E-state index is 0.316. The van der Waals surface area contributed by atoms with Gasteiger partial charge in [-0.2, -0.15) is 0 Å². The number of sulfonamides is 1. The molecule has 0 N–H and O–H groups in total. The number of hydrogen-bond donors (Lipinski definition) is 0. The molecule has 3 nitrogen and oxygen atoms in total. The Labute approximate surface area is 111 Å². The molecule has 1 aliphatic heterocycles. The van der Waals surface area contributed by atoms with Crippen molar-refractivity contribution < 1.29 is 8.42 Å². The lowest BCUT2D eigenvalue weighted by molar-refractivity contribution is 0.317. The molecule has 1 aromatic rings. The summed E-state index contributed by atoms with van der Waals surface area (Å²) < 4.78 is 25.7. The molecule has 0 spiro atoms. The van der Waals surface area contributed by atoms with Crippen LogP contribution in [0.3, 0.4) is 0 Å². The van der Waals surface area contributed by atoms with Crippen LogP contribution in [-0.2, 0) is 10.0 Å². The first kappa shape index (κ1) is 13.1. The Morgan fingerprint density at radius 1 is 1.41 bits per heavy atom. The summed E-state index contributed by atoms with van der Waals surface area (Å²) in [6, 6.07) is 8.14. The molecule has 1 aromatic carbocycles. The fraction of sp³-hybridized carbons (Fsp3) is 0.500. The highest BCUT2D eigenvalue weighted by Gasteiger charge is 2.26. The van der Waals surface area contributed by atoms with E-state index in [1.807, 2.05) is 12.1 Å². The van der Waals surface area contributed by atoms with Crippen molar-refractivity contribution >= 4 is 26.0 Å². The lowest BCUT2D eigenvalue weighted by atomic mass is 9.92. The van der Waals surface area contributed by atoms with Crippen molar-refractivity contribution in [3.8, 4) is 0 Å². The van der Waals surface area contributed by atoms with Crippen molar-refractivity contribution in [2.45, 2.75) is 18.8 Å². The summed E-state index contributed by atoms with van der Waals surface area (Å²) in [4.78, 5) is 0. The molecule has 0 aromatic heterocycles. The molecule has 1 fully saturated rings. The molecule has 0 bridgehead atoms. The summed E-state index contributed by atoms with van der Waals surface area (Å²) in [7, 11) is -3.06. The number of rotatable bonds is 2. The summed E-state index contributed by atoms with van der Waals surface area (Å²) in [5.74, 6) is 0.316. The Hall–Kier alpha value is -0.390. The summed E-state index contributed by atoms with van der Waals surface area (Å²) >= 11 is 3.45. The van der Waals surface area contributed by atoms with Gasteiger partial charge in [0.1, 0.15) is 0 Å². The first-order valence-corrected chi connectivity index (χ1v) is 8.31. The van der Waals surface area contributed by atoms with Crippen LogP contribution in [0.4, 0.5) is 0 Å². The van der Waals surface area contributed by atoms with Gasteiger partial charge in [-0.25, -0.2) is 12.7 Å². The zero-order valence-electron chi connectivity index (χ0n) is 9.77. The zero-order chi connectivity index (χ0) is 12.5. The molecular formula is C12H16BrNO2S. The Morgan fingerprint density at radius 2 is 2.18 bits per heavy atom. The number of hydrogen-bond acceptors (Lipinski definition) is 2. The standard InChI is InChI=1S/C12H16BrNO2S/c1-17(15,16)14-7-3-5-11(9-14)10-4-2-6-12(13)8-10/h2,4,6,8,11H,3,5,7,9H2,1H3. The van der Waals surface area contributed by atoms with Crippen LogP contribution < -0.4 is 0 Å². The smallest absolute Gasteiger partial charge is 0.211 e. The van der Waals surface area contributed by atoms with Gasteiger partial charge in [-0.05, 0) is 36.5 Å². The third-order valence-corrected chi connectivity index (χ3v) is 4.94. The Bertz CT molecular complexity index is 501. The van der Waals surface area contributed by atoms with Gasteiger partial charge in [0.25, 0.3) is 0 Å². The van der Waals surface area contributed by atoms with E-state index < -0.39 is 10.0 Å². The molecular weight excluding hydrogens is 302 g/mol. The molecule has 0 saturated carbocycles. The lowest BCUT2D eigenvalue weighted by Crippen LogP contribution is -2.38. The van der Waals surface area contributed by atoms with Gasteiger partial charge in [0.15, 0.2) is 0 Å². The first-order chi connectivity index (χ1) is 7.97. The van der Waals surface area contributed by atoms with E-state index >= 15 is 0 Å². The second-order valence-electron chi connectivity index (χ2n) is 4.52. The highest BCUT2D eigenvalue weighted by molar-refractivity contribution is 9.10. The van der Waals surface area contributed by atoms with Gasteiger partial charge in [-0.15, -0.1) is 0 Å². The van der Waals surface area contributed by atoms with E-state index in [2.05, 4.69) is 28.1 Å². The number of benzene rings is 1. The normalized spacial score (nSPS) is 22.6. The van der Waals surface area contributed by atoms with Crippen LogP contribution in [0.5, 0.6) is 0 Å². The van der Waals surface area contributed by atoms with Crippen LogP contribution >= 0.6 is 15.9 Å². The topological polar surface area (TPSA) is 37.4 Å². The van der Waals surface area contributed by atoms with Gasteiger partial charge >= 0.3 is 0 Å². The van der Waals surface area contributed by atoms with Crippen LogP contribution in [0.15, 0.2) is 28.7 Å². The van der Waals surface area contributed by atoms with Gasteiger partial charge in [0, 0.05) is 17.6 Å². The first-order valence-electron chi connectivity index (χ1n) is 5.67. The van der Waals surface area contributed by atoms with Crippen molar-refractivity contribution in [2.24, 2.45) is 0 Å². The zero-order valence-corrected chi connectivity index (χ0v) is 12.2. The van der Waals surface area contributed by atoms with Gasteiger partial charge < -0.3 is 0 Å². The van der Waals surface area contributed by atoms with Gasteiger partial charge in [-0.1, -0.05) is 28.1 Å². The monoisotopic (exact) mass is 317 g/mol. The van der Waals surface area contributed by atoms with E-state index in [1.165, 1.54) is 11.8 Å². The minimum Gasteiger partial charge on any atom is -0.213 e. The maximum absolute atomic E-state index is 11.5. The Kier molecular flexibility index (Phi) is 3.90. The molecule has 1 heterocycles. The predicted octanol–water partition coefficient (Wildman–Crippen LogP) is 2.59. The van der Waals surface area contributed by atoms with Crippen LogP contribution in [0.1, 0.15) is 24.3 Å². The van der Waals surface area contributed by atoms with E-state index in [4.69, 9.17) is 0 Å². The average Bonchev–Trinajstić information content (AvgIpc) is 2.28. The maximum atomic E-state index is 11.5. The Balaban J connectivity index is 2.18. The van der Waals surface area contributed by atoms with E-state index in [-0.39, 0.29) is 0 Å². The van der Waals surface area contributed by atoms with Crippen molar-refractivity contribution in [3.05, 3.63) is 34.3 Å². The van der Waals surface area contributed by atoms with Crippen molar-refractivity contribution in [2.75, 3.05) is 19.3 Å². The van der Waals surface area contributed by atoms with Crippen LogP contribution in [0.2, 0.25) is 0 Å². The van der Waals surface area contributed by atoms with Crippen molar-refractivity contribution in [1.29, 1.82) is 0 Å².